The maximum atomic E-state index is 12.7. The van der Waals surface area contributed by atoms with E-state index in [1.165, 1.54) is 17.3 Å². The van der Waals surface area contributed by atoms with E-state index in [0.717, 1.165) is 27.4 Å². The zero-order chi connectivity index (χ0) is 24.1. The number of ether oxygens (including phenoxy) is 3. The highest BCUT2D eigenvalue weighted by Gasteiger charge is 2.16. The van der Waals surface area contributed by atoms with Gasteiger partial charge in [-0.25, -0.2) is 4.98 Å². The third-order valence-corrected chi connectivity index (χ3v) is 6.31. The van der Waals surface area contributed by atoms with Crippen LogP contribution < -0.4 is 19.5 Å². The van der Waals surface area contributed by atoms with E-state index in [1.54, 1.807) is 21.3 Å². The number of methoxy groups -OCH3 is 3. The highest BCUT2D eigenvalue weighted by molar-refractivity contribution is 7.99. The molecule has 1 N–H and O–H groups in total. The van der Waals surface area contributed by atoms with Crippen LogP contribution in [-0.2, 0) is 11.3 Å². The van der Waals surface area contributed by atoms with Gasteiger partial charge in [0.2, 0.25) is 11.7 Å². The molecule has 0 spiro atoms. The molecule has 4 rings (SSSR count). The van der Waals surface area contributed by atoms with E-state index in [9.17, 15) is 4.79 Å². The Morgan fingerprint density at radius 3 is 2.29 bits per heavy atom. The molecular formula is C26H27N3O4S. The van der Waals surface area contributed by atoms with Gasteiger partial charge in [-0.1, -0.05) is 41.6 Å². The third kappa shape index (κ3) is 4.97. The number of benzene rings is 3. The lowest BCUT2D eigenvalue weighted by molar-refractivity contribution is -0.118. The first-order valence-corrected chi connectivity index (χ1v) is 11.8. The summed E-state index contributed by atoms with van der Waals surface area (Å²) in [6.07, 6.45) is 0. The molecule has 0 aliphatic carbocycles. The largest absolute Gasteiger partial charge is 0.493 e. The van der Waals surface area contributed by atoms with Crippen LogP contribution in [-0.4, -0.2) is 42.5 Å². The predicted molar refractivity (Wildman–Crippen MR) is 134 cm³/mol. The van der Waals surface area contributed by atoms with Gasteiger partial charge in [0.05, 0.1) is 38.1 Å². The van der Waals surface area contributed by atoms with Crippen molar-refractivity contribution in [3.05, 3.63) is 71.8 Å². The summed E-state index contributed by atoms with van der Waals surface area (Å²) in [5.41, 5.74) is 4.95. The van der Waals surface area contributed by atoms with E-state index in [-0.39, 0.29) is 11.7 Å². The van der Waals surface area contributed by atoms with Crippen LogP contribution in [0.1, 0.15) is 11.1 Å². The molecule has 4 aromatic rings. The number of fused-ring (bicyclic) bond motifs is 1. The average Bonchev–Trinajstić information content (AvgIpc) is 3.24. The number of carbonyl (C=O) groups is 1. The van der Waals surface area contributed by atoms with Crippen LogP contribution >= 0.6 is 11.8 Å². The van der Waals surface area contributed by atoms with Crippen LogP contribution in [0.3, 0.4) is 0 Å². The first kappa shape index (κ1) is 23.5. The Morgan fingerprint density at radius 2 is 1.65 bits per heavy atom. The highest BCUT2D eigenvalue weighted by Crippen LogP contribution is 2.38. The number of rotatable bonds is 9. The lowest BCUT2D eigenvalue weighted by atomic mass is 10.2. The van der Waals surface area contributed by atoms with Gasteiger partial charge >= 0.3 is 0 Å². The van der Waals surface area contributed by atoms with Gasteiger partial charge in [0.1, 0.15) is 0 Å². The van der Waals surface area contributed by atoms with Crippen molar-refractivity contribution in [1.82, 2.24) is 14.9 Å². The molecule has 0 radical (unpaired) electrons. The van der Waals surface area contributed by atoms with Crippen LogP contribution in [0, 0.1) is 6.92 Å². The molecule has 8 heteroatoms. The van der Waals surface area contributed by atoms with E-state index in [1.807, 2.05) is 36.4 Å². The summed E-state index contributed by atoms with van der Waals surface area (Å²) in [4.78, 5) is 17.4. The van der Waals surface area contributed by atoms with Crippen LogP contribution in [0.5, 0.6) is 17.2 Å². The summed E-state index contributed by atoms with van der Waals surface area (Å²) in [6.45, 7) is 2.40. The molecule has 0 aliphatic heterocycles. The van der Waals surface area contributed by atoms with Crippen LogP contribution in [0.15, 0.2) is 65.8 Å². The molecule has 0 saturated heterocycles. The second-order valence-electron chi connectivity index (χ2n) is 7.65. The second-order valence-corrected chi connectivity index (χ2v) is 8.60. The molecule has 3 aromatic carbocycles. The fourth-order valence-corrected chi connectivity index (χ4v) is 4.52. The maximum absolute atomic E-state index is 12.7. The number of imidazole rings is 1. The lowest BCUT2D eigenvalue weighted by Crippen LogP contribution is -2.24. The van der Waals surface area contributed by atoms with Crippen molar-refractivity contribution in [3.8, 4) is 22.9 Å². The van der Waals surface area contributed by atoms with Gasteiger partial charge < -0.3 is 19.5 Å². The van der Waals surface area contributed by atoms with Crippen LogP contribution in [0.25, 0.3) is 16.7 Å². The van der Waals surface area contributed by atoms with Crippen molar-refractivity contribution < 1.29 is 19.0 Å². The standard InChI is InChI=1S/C26H27N3O4S/c1-17-9-11-19(12-10-17)29-21-8-6-5-7-20(21)28-26(29)34-16-24(30)27-15-18-13-22(31-2)25(33-4)23(14-18)32-3/h5-14H,15-16H2,1-4H3,(H,27,30). The van der Waals surface area contributed by atoms with E-state index in [0.29, 0.717) is 23.8 Å². The SMILES string of the molecule is COc1cc(CNC(=O)CSc2nc3ccccc3n2-c2ccc(C)cc2)cc(OC)c1OC. The smallest absolute Gasteiger partial charge is 0.230 e. The van der Waals surface area contributed by atoms with Crippen molar-refractivity contribution in [2.75, 3.05) is 27.1 Å². The number of carbonyl (C=O) groups excluding carboxylic acids is 1. The van der Waals surface area contributed by atoms with Crippen molar-refractivity contribution in [1.29, 1.82) is 0 Å². The summed E-state index contributed by atoms with van der Waals surface area (Å²) in [7, 11) is 4.69. The zero-order valence-corrected chi connectivity index (χ0v) is 20.4. The maximum Gasteiger partial charge on any atom is 0.230 e. The molecule has 0 fully saturated rings. The Morgan fingerprint density at radius 1 is 0.971 bits per heavy atom. The quantitative estimate of drug-likeness (QED) is 0.350. The van der Waals surface area contributed by atoms with Crippen molar-refractivity contribution in [3.63, 3.8) is 0 Å². The molecule has 0 saturated carbocycles. The van der Waals surface area contributed by atoms with Gasteiger partial charge in [0.25, 0.3) is 0 Å². The minimum Gasteiger partial charge on any atom is -0.493 e. The number of aryl methyl sites for hydroxylation is 1. The van der Waals surface area contributed by atoms with Gasteiger partial charge in [-0.15, -0.1) is 0 Å². The first-order chi connectivity index (χ1) is 16.5. The number of aromatic nitrogens is 2. The van der Waals surface area contributed by atoms with E-state index in [4.69, 9.17) is 19.2 Å². The minimum atomic E-state index is -0.0961. The Hall–Kier alpha value is -3.65. The van der Waals surface area contributed by atoms with E-state index >= 15 is 0 Å². The Bertz CT molecular complexity index is 1280. The molecule has 1 heterocycles. The van der Waals surface area contributed by atoms with E-state index < -0.39 is 0 Å². The number of para-hydroxylation sites is 2. The number of hydrogen-bond donors (Lipinski definition) is 1. The zero-order valence-electron chi connectivity index (χ0n) is 19.6. The molecule has 34 heavy (non-hydrogen) atoms. The van der Waals surface area contributed by atoms with Crippen LogP contribution in [0.2, 0.25) is 0 Å². The molecule has 176 valence electrons. The number of nitrogens with zero attached hydrogens (tertiary/aromatic N) is 2. The van der Waals surface area contributed by atoms with Gasteiger partial charge in [-0.3, -0.25) is 9.36 Å². The fraction of sp³-hybridized carbons (Fsp3) is 0.231. The summed E-state index contributed by atoms with van der Waals surface area (Å²) >= 11 is 1.41. The molecule has 1 aromatic heterocycles. The Balaban J connectivity index is 1.48. The fourth-order valence-electron chi connectivity index (χ4n) is 3.66. The topological polar surface area (TPSA) is 74.6 Å². The predicted octanol–water partition coefficient (Wildman–Crippen LogP) is 4.77. The minimum absolute atomic E-state index is 0.0961. The summed E-state index contributed by atoms with van der Waals surface area (Å²) in [6, 6.07) is 19.9. The monoisotopic (exact) mass is 477 g/mol. The van der Waals surface area contributed by atoms with Crippen molar-refractivity contribution in [2.24, 2.45) is 0 Å². The first-order valence-electron chi connectivity index (χ1n) is 10.8. The van der Waals surface area contributed by atoms with Gasteiger partial charge in [-0.2, -0.15) is 0 Å². The Labute approximate surface area is 203 Å². The average molecular weight is 478 g/mol. The molecule has 7 nitrogen and oxygen atoms in total. The molecule has 0 bridgehead atoms. The van der Waals surface area contributed by atoms with Crippen LogP contribution in [0.4, 0.5) is 0 Å². The number of hydrogen-bond acceptors (Lipinski definition) is 6. The second kappa shape index (κ2) is 10.5. The summed E-state index contributed by atoms with van der Waals surface area (Å²) < 4.78 is 18.2. The van der Waals surface area contributed by atoms with E-state index in [2.05, 4.69) is 41.1 Å². The lowest BCUT2D eigenvalue weighted by Gasteiger charge is -2.14. The number of nitrogens with one attached hydrogen (secondary N) is 1. The summed E-state index contributed by atoms with van der Waals surface area (Å²) in [5, 5.41) is 3.73. The molecule has 0 aliphatic rings. The molecule has 0 atom stereocenters. The normalized spacial score (nSPS) is 10.8. The molecule has 0 unspecified atom stereocenters. The van der Waals surface area contributed by atoms with Gasteiger partial charge in [0, 0.05) is 12.2 Å². The van der Waals surface area contributed by atoms with Gasteiger partial charge in [0.15, 0.2) is 16.7 Å². The summed E-state index contributed by atoms with van der Waals surface area (Å²) in [5.74, 6) is 1.76. The highest BCUT2D eigenvalue weighted by atomic mass is 32.2. The number of thioether (sulfide) groups is 1. The molecular weight excluding hydrogens is 450 g/mol. The van der Waals surface area contributed by atoms with Crippen molar-refractivity contribution >= 4 is 28.7 Å². The number of amides is 1. The molecule has 1 amide bonds. The van der Waals surface area contributed by atoms with Crippen molar-refractivity contribution in [2.45, 2.75) is 18.6 Å². The Kier molecular flexibility index (Phi) is 7.27. The third-order valence-electron chi connectivity index (χ3n) is 5.37. The van der Waals surface area contributed by atoms with Gasteiger partial charge in [-0.05, 0) is 48.9 Å².